The number of nitrogens with zero attached hydrogens (tertiary/aromatic N) is 6. The number of H-pyrrole nitrogens is 1. The summed E-state index contributed by atoms with van der Waals surface area (Å²) in [5, 5.41) is 27.4. The van der Waals surface area contributed by atoms with Gasteiger partial charge in [0.15, 0.2) is 17.2 Å². The Bertz CT molecular complexity index is 1210. The van der Waals surface area contributed by atoms with Crippen molar-refractivity contribution < 1.29 is 5.11 Å². The van der Waals surface area contributed by atoms with Gasteiger partial charge in [-0.1, -0.05) is 6.58 Å². The monoisotopic (exact) mass is 422 g/mol. The van der Waals surface area contributed by atoms with Crippen molar-refractivity contribution in [3.8, 4) is 0 Å². The molecule has 3 aromatic heterocycles. The SMILES string of the molecule is C=C1c2c(c3sc(Cc4cc[nH]n4)nc3n2C)C=NN1CC1CC=C(O)C(NC)=N1. The van der Waals surface area contributed by atoms with Gasteiger partial charge in [0, 0.05) is 32.3 Å². The quantitative estimate of drug-likeness (QED) is 0.599. The number of hydrogen-bond donors (Lipinski definition) is 3. The molecule has 0 spiro atoms. The maximum absolute atomic E-state index is 9.86. The van der Waals surface area contributed by atoms with E-state index < -0.39 is 0 Å². The molecule has 0 fully saturated rings. The summed E-state index contributed by atoms with van der Waals surface area (Å²) < 4.78 is 3.20. The maximum atomic E-state index is 9.86. The average molecular weight is 423 g/mol. The molecule has 3 N–H and O–H groups in total. The lowest BCUT2D eigenvalue weighted by Gasteiger charge is -2.29. The smallest absolute Gasteiger partial charge is 0.163 e. The van der Waals surface area contributed by atoms with Crippen molar-refractivity contribution in [1.82, 2.24) is 30.1 Å². The number of aliphatic hydroxyl groups excluding tert-OH is 1. The summed E-state index contributed by atoms with van der Waals surface area (Å²) in [5.74, 6) is 0.697. The van der Waals surface area contributed by atoms with Crippen LogP contribution in [0.2, 0.25) is 0 Å². The number of thiazole rings is 1. The first-order valence-corrected chi connectivity index (χ1v) is 10.5. The molecule has 0 aromatic carbocycles. The molecule has 0 bridgehead atoms. The van der Waals surface area contributed by atoms with Gasteiger partial charge in [0.05, 0.1) is 40.6 Å². The standard InChI is InChI=1S/C20H22N8OS/c1-11-17-14(9-23-28(11)10-13-4-5-15(29)19(21-2)24-13)18-20(27(17)3)25-16(30-18)8-12-6-7-22-26-12/h5-7,9,13,29H,1,4,8,10H2,2-3H3,(H,21,24)(H,22,26). The Hall–Kier alpha value is -3.40. The van der Waals surface area contributed by atoms with Gasteiger partial charge >= 0.3 is 0 Å². The van der Waals surface area contributed by atoms with Crippen LogP contribution < -0.4 is 5.32 Å². The lowest BCUT2D eigenvalue weighted by atomic mass is 10.1. The zero-order valence-electron chi connectivity index (χ0n) is 16.8. The summed E-state index contributed by atoms with van der Waals surface area (Å²) in [6.45, 7) is 4.88. The minimum absolute atomic E-state index is 0.0150. The molecule has 0 saturated carbocycles. The average Bonchev–Trinajstić information content (AvgIpc) is 3.45. The second-order valence-corrected chi connectivity index (χ2v) is 8.39. The van der Waals surface area contributed by atoms with Crippen molar-refractivity contribution >= 4 is 39.4 Å². The van der Waals surface area contributed by atoms with Gasteiger partial charge in [0.25, 0.3) is 0 Å². The van der Waals surface area contributed by atoms with Gasteiger partial charge in [-0.05, 0) is 18.6 Å². The van der Waals surface area contributed by atoms with Crippen molar-refractivity contribution in [2.24, 2.45) is 17.1 Å². The minimum atomic E-state index is -0.0150. The van der Waals surface area contributed by atoms with Crippen molar-refractivity contribution in [2.75, 3.05) is 13.6 Å². The number of hydrazone groups is 1. The molecule has 0 radical (unpaired) electrons. The van der Waals surface area contributed by atoms with Crippen LogP contribution in [-0.2, 0) is 13.5 Å². The summed E-state index contributed by atoms with van der Waals surface area (Å²) >= 11 is 1.67. The van der Waals surface area contributed by atoms with Crippen molar-refractivity contribution in [3.05, 3.63) is 52.6 Å². The first-order chi connectivity index (χ1) is 14.5. The van der Waals surface area contributed by atoms with Gasteiger partial charge in [0.2, 0.25) is 0 Å². The van der Waals surface area contributed by atoms with Crippen LogP contribution >= 0.6 is 11.3 Å². The summed E-state index contributed by atoms with van der Waals surface area (Å²) in [6.07, 6.45) is 6.86. The Balaban J connectivity index is 1.41. The number of rotatable bonds is 4. The topological polar surface area (TPSA) is 107 Å². The van der Waals surface area contributed by atoms with Crippen LogP contribution in [0.4, 0.5) is 0 Å². The number of aliphatic imine (C=N–C) groups is 1. The number of aliphatic hydroxyl groups is 1. The van der Waals surface area contributed by atoms with E-state index in [1.54, 1.807) is 24.5 Å². The molecule has 1 unspecified atom stereocenters. The molecule has 10 heteroatoms. The molecule has 0 aliphatic carbocycles. The molecule has 5 rings (SSSR count). The van der Waals surface area contributed by atoms with Crippen LogP contribution in [0.1, 0.15) is 28.4 Å². The van der Waals surface area contributed by atoms with E-state index >= 15 is 0 Å². The predicted octanol–water partition coefficient (Wildman–Crippen LogP) is 2.40. The third-order valence-corrected chi connectivity index (χ3v) is 6.44. The number of amidine groups is 1. The Morgan fingerprint density at radius 1 is 1.43 bits per heavy atom. The van der Waals surface area contributed by atoms with E-state index in [0.717, 1.165) is 38.0 Å². The fraction of sp³-hybridized carbons (Fsp3) is 0.300. The van der Waals surface area contributed by atoms with E-state index in [2.05, 4.69) is 36.8 Å². The van der Waals surface area contributed by atoms with Gasteiger partial charge in [-0.15, -0.1) is 11.3 Å². The molecular weight excluding hydrogens is 400 g/mol. The third kappa shape index (κ3) is 3.00. The van der Waals surface area contributed by atoms with Gasteiger partial charge in [-0.25, -0.2) is 4.98 Å². The number of aryl methyl sites for hydroxylation is 1. The summed E-state index contributed by atoms with van der Waals surface area (Å²) in [4.78, 5) is 9.41. The van der Waals surface area contributed by atoms with Gasteiger partial charge < -0.3 is 15.0 Å². The van der Waals surface area contributed by atoms with Crippen LogP contribution in [-0.4, -0.2) is 61.5 Å². The maximum Gasteiger partial charge on any atom is 0.163 e. The molecule has 1 atom stereocenters. The summed E-state index contributed by atoms with van der Waals surface area (Å²) in [7, 11) is 3.76. The Morgan fingerprint density at radius 3 is 3.07 bits per heavy atom. The zero-order valence-corrected chi connectivity index (χ0v) is 17.6. The molecule has 9 nitrogen and oxygen atoms in total. The molecule has 0 saturated heterocycles. The Kier molecular flexibility index (Phi) is 4.43. The third-order valence-electron chi connectivity index (χ3n) is 5.37. The van der Waals surface area contributed by atoms with Gasteiger partial charge in [-0.3, -0.25) is 15.1 Å². The second kappa shape index (κ2) is 7.13. The van der Waals surface area contributed by atoms with E-state index in [4.69, 9.17) is 4.98 Å². The minimum Gasteiger partial charge on any atom is -0.504 e. The highest BCUT2D eigenvalue weighted by molar-refractivity contribution is 7.19. The number of hydrogen-bond acceptors (Lipinski definition) is 8. The highest BCUT2D eigenvalue weighted by Gasteiger charge is 2.28. The predicted molar refractivity (Wildman–Crippen MR) is 119 cm³/mol. The van der Waals surface area contributed by atoms with Gasteiger partial charge in [0.1, 0.15) is 5.01 Å². The molecule has 2 aliphatic rings. The zero-order chi connectivity index (χ0) is 20.8. The molecule has 0 amide bonds. The largest absolute Gasteiger partial charge is 0.504 e. The summed E-state index contributed by atoms with van der Waals surface area (Å²) in [6, 6.07) is 1.95. The Morgan fingerprint density at radius 2 is 2.30 bits per heavy atom. The van der Waals surface area contributed by atoms with Crippen LogP contribution in [0.25, 0.3) is 16.0 Å². The molecule has 3 aromatic rings. The molecule has 2 aliphatic heterocycles. The number of aromatic nitrogens is 4. The first kappa shape index (κ1) is 18.6. The fourth-order valence-corrected chi connectivity index (χ4v) is 4.99. The molecular formula is C20H22N8OS. The number of nitrogens with one attached hydrogen (secondary N) is 2. The number of likely N-dealkylation sites (N-methyl/N-ethyl adjacent to an activating group) is 1. The van der Waals surface area contributed by atoms with E-state index in [0.29, 0.717) is 25.2 Å². The van der Waals surface area contributed by atoms with Gasteiger partial charge in [-0.2, -0.15) is 10.2 Å². The first-order valence-electron chi connectivity index (χ1n) is 9.67. The van der Waals surface area contributed by atoms with Crippen molar-refractivity contribution in [2.45, 2.75) is 18.9 Å². The second-order valence-electron chi connectivity index (χ2n) is 7.30. The normalized spacial score (nSPS) is 18.5. The van der Waals surface area contributed by atoms with Crippen LogP contribution in [0, 0.1) is 0 Å². The van der Waals surface area contributed by atoms with E-state index in [9.17, 15) is 5.11 Å². The lowest BCUT2D eigenvalue weighted by molar-refractivity contribution is 0.372. The molecule has 154 valence electrons. The van der Waals surface area contributed by atoms with E-state index in [1.165, 1.54) is 0 Å². The number of dihydropyridines is 1. The number of fused-ring (bicyclic) bond motifs is 3. The fourth-order valence-electron chi connectivity index (χ4n) is 3.87. The highest BCUT2D eigenvalue weighted by Crippen LogP contribution is 2.36. The van der Waals surface area contributed by atoms with E-state index in [-0.39, 0.29) is 11.8 Å². The highest BCUT2D eigenvalue weighted by atomic mass is 32.1. The number of aromatic amines is 1. The molecule has 5 heterocycles. The van der Waals surface area contributed by atoms with Crippen LogP contribution in [0.3, 0.4) is 0 Å². The Labute approximate surface area is 177 Å². The van der Waals surface area contributed by atoms with E-state index in [1.807, 2.05) is 30.5 Å². The van der Waals surface area contributed by atoms with Crippen molar-refractivity contribution in [3.63, 3.8) is 0 Å². The van der Waals surface area contributed by atoms with Crippen molar-refractivity contribution in [1.29, 1.82) is 0 Å². The molecule has 30 heavy (non-hydrogen) atoms. The lowest BCUT2D eigenvalue weighted by Crippen LogP contribution is -2.33. The van der Waals surface area contributed by atoms with Crippen LogP contribution in [0.15, 0.2) is 40.8 Å². The van der Waals surface area contributed by atoms with Crippen LogP contribution in [0.5, 0.6) is 0 Å². The summed E-state index contributed by atoms with van der Waals surface area (Å²) in [5.41, 5.74) is 4.82.